The number of anilines is 3. The number of Topliss-reactive ketones (excluding diaryl/α,β-unsaturated/α-hetero) is 1. The van der Waals surface area contributed by atoms with E-state index in [4.69, 9.17) is 0 Å². The zero-order valence-electron chi connectivity index (χ0n) is 14.6. The number of halogens is 1. The molecule has 126 valence electrons. The molecule has 0 aliphatic rings. The molecule has 3 rings (SSSR count). The second-order valence-electron chi connectivity index (χ2n) is 6.13. The number of nitrogens with zero attached hydrogens (tertiary/aromatic N) is 1. The monoisotopic (exact) mass is 393 g/mol. The van der Waals surface area contributed by atoms with Crippen LogP contribution >= 0.6 is 15.9 Å². The summed E-state index contributed by atoms with van der Waals surface area (Å²) in [6.45, 7) is 5.79. The summed E-state index contributed by atoms with van der Waals surface area (Å²) in [5.41, 5.74) is 6.04. The van der Waals surface area contributed by atoms with Gasteiger partial charge in [0.2, 0.25) is 0 Å². The number of hydrogen-bond donors (Lipinski definition) is 0. The third kappa shape index (κ3) is 3.52. The van der Waals surface area contributed by atoms with Crippen molar-refractivity contribution in [2.24, 2.45) is 0 Å². The quantitative estimate of drug-likeness (QED) is 0.457. The van der Waals surface area contributed by atoms with Gasteiger partial charge in [0.1, 0.15) is 0 Å². The highest BCUT2D eigenvalue weighted by molar-refractivity contribution is 9.10. The Kier molecular flexibility index (Phi) is 5.05. The molecule has 0 saturated heterocycles. The van der Waals surface area contributed by atoms with Crippen molar-refractivity contribution in [1.82, 2.24) is 0 Å². The van der Waals surface area contributed by atoms with Gasteiger partial charge in [0.05, 0.1) is 5.69 Å². The lowest BCUT2D eigenvalue weighted by molar-refractivity contribution is 0.101. The predicted molar refractivity (Wildman–Crippen MR) is 108 cm³/mol. The van der Waals surface area contributed by atoms with Crippen LogP contribution in [0.4, 0.5) is 17.1 Å². The highest BCUT2D eigenvalue weighted by Crippen LogP contribution is 2.40. The van der Waals surface area contributed by atoms with Crippen LogP contribution in [-0.2, 0) is 0 Å². The van der Waals surface area contributed by atoms with Gasteiger partial charge >= 0.3 is 0 Å². The molecule has 0 spiro atoms. The summed E-state index contributed by atoms with van der Waals surface area (Å²) >= 11 is 3.48. The van der Waals surface area contributed by atoms with Gasteiger partial charge in [0, 0.05) is 21.4 Å². The molecule has 0 aliphatic heterocycles. The molecule has 3 aromatic carbocycles. The van der Waals surface area contributed by atoms with Crippen molar-refractivity contribution >= 4 is 38.8 Å². The Bertz CT molecular complexity index is 887. The predicted octanol–water partition coefficient (Wildman–Crippen LogP) is 6.74. The van der Waals surface area contributed by atoms with Crippen molar-refractivity contribution in [2.45, 2.75) is 20.8 Å². The van der Waals surface area contributed by atoms with Crippen molar-refractivity contribution in [3.63, 3.8) is 0 Å². The number of aryl methyl sites for hydroxylation is 2. The highest BCUT2D eigenvalue weighted by atomic mass is 79.9. The maximum absolute atomic E-state index is 12.3. The van der Waals surface area contributed by atoms with Crippen LogP contribution in [0.1, 0.15) is 28.4 Å². The van der Waals surface area contributed by atoms with E-state index >= 15 is 0 Å². The van der Waals surface area contributed by atoms with Crippen LogP contribution in [-0.4, -0.2) is 5.78 Å². The first-order chi connectivity index (χ1) is 12.0. The van der Waals surface area contributed by atoms with E-state index in [1.54, 1.807) is 6.92 Å². The molecule has 2 nitrogen and oxygen atoms in total. The van der Waals surface area contributed by atoms with E-state index < -0.39 is 0 Å². The van der Waals surface area contributed by atoms with Gasteiger partial charge in [-0.15, -0.1) is 0 Å². The summed E-state index contributed by atoms with van der Waals surface area (Å²) in [6, 6.07) is 22.3. The van der Waals surface area contributed by atoms with Gasteiger partial charge in [-0.2, -0.15) is 0 Å². The van der Waals surface area contributed by atoms with E-state index in [9.17, 15) is 4.79 Å². The zero-order valence-corrected chi connectivity index (χ0v) is 16.2. The Morgan fingerprint density at radius 1 is 0.800 bits per heavy atom. The molecule has 0 heterocycles. The normalized spacial score (nSPS) is 10.6. The number of ketones is 1. The van der Waals surface area contributed by atoms with Gasteiger partial charge < -0.3 is 4.90 Å². The van der Waals surface area contributed by atoms with E-state index in [1.165, 1.54) is 0 Å². The fourth-order valence-corrected chi connectivity index (χ4v) is 3.36. The largest absolute Gasteiger partial charge is 0.309 e. The molecule has 25 heavy (non-hydrogen) atoms. The molecule has 3 aromatic rings. The number of hydrogen-bond acceptors (Lipinski definition) is 2. The van der Waals surface area contributed by atoms with Gasteiger partial charge in [-0.1, -0.05) is 52.3 Å². The summed E-state index contributed by atoms with van der Waals surface area (Å²) in [6.07, 6.45) is 0. The minimum Gasteiger partial charge on any atom is -0.309 e. The lowest BCUT2D eigenvalue weighted by Crippen LogP contribution is -2.15. The van der Waals surface area contributed by atoms with Crippen LogP contribution in [0.5, 0.6) is 0 Å². The van der Waals surface area contributed by atoms with Crippen LogP contribution in [0.15, 0.2) is 71.2 Å². The topological polar surface area (TPSA) is 20.3 Å². The highest BCUT2D eigenvalue weighted by Gasteiger charge is 2.20. The average molecular weight is 394 g/mol. The molecule has 0 saturated carbocycles. The molecule has 0 atom stereocenters. The van der Waals surface area contributed by atoms with Gasteiger partial charge in [-0.25, -0.2) is 0 Å². The molecular formula is C22H20BrNO. The second kappa shape index (κ2) is 7.24. The Hall–Kier alpha value is -2.39. The fourth-order valence-electron chi connectivity index (χ4n) is 3.00. The molecule has 0 aromatic heterocycles. The lowest BCUT2D eigenvalue weighted by Gasteiger charge is -2.30. The SMILES string of the molecule is CC(=O)c1cc(Br)ccc1N(c1ccccc1C)c1ccccc1C. The molecule has 0 N–H and O–H groups in total. The number of carbonyl (C=O) groups excluding carboxylic acids is 1. The fraction of sp³-hybridized carbons (Fsp3) is 0.136. The van der Waals surface area contributed by atoms with Crippen molar-refractivity contribution < 1.29 is 4.79 Å². The Morgan fingerprint density at radius 2 is 1.32 bits per heavy atom. The van der Waals surface area contributed by atoms with Crippen LogP contribution in [0, 0.1) is 13.8 Å². The van der Waals surface area contributed by atoms with E-state index in [0.717, 1.165) is 32.7 Å². The van der Waals surface area contributed by atoms with E-state index in [0.29, 0.717) is 5.56 Å². The second-order valence-corrected chi connectivity index (χ2v) is 7.04. The smallest absolute Gasteiger partial charge is 0.161 e. The third-order valence-corrected chi connectivity index (χ3v) is 4.78. The Morgan fingerprint density at radius 3 is 1.80 bits per heavy atom. The first kappa shape index (κ1) is 17.4. The van der Waals surface area contributed by atoms with Crippen molar-refractivity contribution in [1.29, 1.82) is 0 Å². The Labute approximate surface area is 157 Å². The molecule has 0 fully saturated rings. The number of benzene rings is 3. The van der Waals surface area contributed by atoms with Crippen LogP contribution in [0.25, 0.3) is 0 Å². The lowest BCUT2D eigenvalue weighted by atomic mass is 10.0. The zero-order chi connectivity index (χ0) is 18.0. The molecule has 0 amide bonds. The van der Waals surface area contributed by atoms with E-state index in [-0.39, 0.29) is 5.78 Å². The van der Waals surface area contributed by atoms with E-state index in [2.05, 4.69) is 58.9 Å². The molecular weight excluding hydrogens is 374 g/mol. The third-order valence-electron chi connectivity index (χ3n) is 4.29. The minimum atomic E-state index is 0.0449. The van der Waals surface area contributed by atoms with Crippen LogP contribution in [0.3, 0.4) is 0 Å². The molecule has 0 bridgehead atoms. The first-order valence-electron chi connectivity index (χ1n) is 8.21. The molecule has 0 aliphatic carbocycles. The maximum atomic E-state index is 12.3. The van der Waals surface area contributed by atoms with Crippen molar-refractivity contribution in [3.8, 4) is 0 Å². The first-order valence-corrected chi connectivity index (χ1v) is 9.00. The summed E-state index contributed by atoms with van der Waals surface area (Å²) in [4.78, 5) is 14.5. The summed E-state index contributed by atoms with van der Waals surface area (Å²) in [5.74, 6) is 0.0449. The van der Waals surface area contributed by atoms with Crippen molar-refractivity contribution in [3.05, 3.63) is 87.9 Å². The van der Waals surface area contributed by atoms with Crippen molar-refractivity contribution in [2.75, 3.05) is 4.90 Å². The molecule has 3 heteroatoms. The minimum absolute atomic E-state index is 0.0449. The van der Waals surface area contributed by atoms with Crippen LogP contribution in [0.2, 0.25) is 0 Å². The summed E-state index contributed by atoms with van der Waals surface area (Å²) in [5, 5.41) is 0. The van der Waals surface area contributed by atoms with Gasteiger partial charge in [0.25, 0.3) is 0 Å². The summed E-state index contributed by atoms with van der Waals surface area (Å²) < 4.78 is 0.899. The van der Waals surface area contributed by atoms with E-state index in [1.807, 2.05) is 42.5 Å². The van der Waals surface area contributed by atoms with Gasteiger partial charge in [-0.05, 0) is 62.2 Å². The average Bonchev–Trinajstić information content (AvgIpc) is 2.59. The van der Waals surface area contributed by atoms with Gasteiger partial charge in [-0.3, -0.25) is 4.79 Å². The van der Waals surface area contributed by atoms with Crippen LogP contribution < -0.4 is 4.90 Å². The number of para-hydroxylation sites is 2. The number of rotatable bonds is 4. The maximum Gasteiger partial charge on any atom is 0.161 e. The molecule has 0 unspecified atom stereocenters. The number of carbonyl (C=O) groups is 1. The summed E-state index contributed by atoms with van der Waals surface area (Å²) in [7, 11) is 0. The Balaban J connectivity index is 2.32. The standard InChI is InChI=1S/C22H20BrNO/c1-15-8-4-6-10-20(15)24(21-11-7-5-9-16(21)2)22-13-12-18(23)14-19(22)17(3)25/h4-14H,1-3H3. The van der Waals surface area contributed by atoms with Gasteiger partial charge in [0.15, 0.2) is 5.78 Å². The molecule has 0 radical (unpaired) electrons.